The first-order chi connectivity index (χ1) is 29.6. The lowest BCUT2D eigenvalue weighted by Gasteiger charge is -2.38. The molecule has 328 valence electrons. The number of anilines is 4. The van der Waals surface area contributed by atoms with Crippen LogP contribution in [0.5, 0.6) is 11.5 Å². The first-order valence-electron chi connectivity index (χ1n) is 21.6. The number of hydrogen-bond donors (Lipinski definition) is 1. The van der Waals surface area contributed by atoms with E-state index in [9.17, 15) is 23.6 Å². The first kappa shape index (κ1) is 41.3. The molecule has 2 aromatic carbocycles. The molecule has 12 rings (SSSR count). The van der Waals surface area contributed by atoms with E-state index in [2.05, 4.69) is 9.80 Å². The fourth-order valence-electron chi connectivity index (χ4n) is 10.2. The molecule has 2 saturated carbocycles. The molecule has 2 N–H and O–H groups in total. The van der Waals surface area contributed by atoms with E-state index in [4.69, 9.17) is 36.3 Å². The van der Waals surface area contributed by atoms with Crippen molar-refractivity contribution in [3.05, 3.63) is 35.9 Å². The Kier molecular flexibility index (Phi) is 11.4. The molecule has 18 heteroatoms. The Morgan fingerprint density at radius 1 is 0.656 bits per heavy atom. The van der Waals surface area contributed by atoms with Crippen LogP contribution in [0.15, 0.2) is 24.3 Å². The normalized spacial score (nSPS) is 31.2. The Balaban J connectivity index is 0.000000130. The number of carbonyl (C=O) groups is 4. The third kappa shape index (κ3) is 7.87. The summed E-state index contributed by atoms with van der Waals surface area (Å²) in [5.74, 6) is 5.25. The van der Waals surface area contributed by atoms with Crippen LogP contribution in [0.1, 0.15) is 64.2 Å². The second-order valence-corrected chi connectivity index (χ2v) is 20.2. The topological polar surface area (TPSA) is 144 Å². The highest BCUT2D eigenvalue weighted by Gasteiger charge is 2.49. The van der Waals surface area contributed by atoms with Gasteiger partial charge in [0.15, 0.2) is 0 Å². The quantitative estimate of drug-likeness (QED) is 0.276. The van der Waals surface area contributed by atoms with Gasteiger partial charge in [0.05, 0.1) is 22.7 Å². The molecule has 4 bridgehead atoms. The second kappa shape index (κ2) is 16.8. The van der Waals surface area contributed by atoms with Gasteiger partial charge in [0.25, 0.3) is 0 Å². The van der Waals surface area contributed by atoms with Crippen molar-refractivity contribution in [3.8, 4) is 11.5 Å². The molecule has 6 saturated heterocycles. The Morgan fingerprint density at radius 2 is 1.10 bits per heavy atom. The van der Waals surface area contributed by atoms with Crippen LogP contribution in [0.3, 0.4) is 0 Å². The molecule has 2 aliphatic carbocycles. The van der Waals surface area contributed by atoms with Gasteiger partial charge in [-0.25, -0.2) is 18.4 Å². The average Bonchev–Trinajstić information content (AvgIpc) is 4.19. The van der Waals surface area contributed by atoms with Crippen LogP contribution in [0.25, 0.3) is 0 Å². The highest BCUT2D eigenvalue weighted by Crippen LogP contribution is 2.48. The molecule has 0 aromatic heterocycles. The number of amides is 2. The second-order valence-electron chi connectivity index (χ2n) is 17.6. The summed E-state index contributed by atoms with van der Waals surface area (Å²) in [5.41, 5.74) is 7.72. The van der Waals surface area contributed by atoms with Crippen molar-refractivity contribution in [2.45, 2.75) is 113 Å². The maximum absolute atomic E-state index is 15.2. The van der Waals surface area contributed by atoms with E-state index < -0.39 is 24.4 Å². The summed E-state index contributed by atoms with van der Waals surface area (Å²) in [6.07, 6.45) is 7.54. The van der Waals surface area contributed by atoms with Gasteiger partial charge in [0.1, 0.15) is 66.4 Å². The fraction of sp³-hybridized carbons (Fsp3) is 0.628. The summed E-state index contributed by atoms with van der Waals surface area (Å²) in [4.78, 5) is 54.3. The summed E-state index contributed by atoms with van der Waals surface area (Å²) < 4.78 is 53.0. The van der Waals surface area contributed by atoms with Gasteiger partial charge < -0.3 is 34.5 Å². The first-order valence-corrected chi connectivity index (χ1v) is 24.3. The van der Waals surface area contributed by atoms with Gasteiger partial charge in [-0.1, -0.05) is 0 Å². The SMILES string of the molecule is NC[C@@H]1OC(=O)N2c3cc(F)c(N4C5CCC4CSC5)cc3OC[C@@H]12.O=C(CC[C@@H]1OC(=O)N2c3cc(F)c(N4C5CCC4CSC5)cc3OC[C@@H]12)C1CC1.O=C(Cl)C1CC1. The molecule has 8 fully saturated rings. The Morgan fingerprint density at radius 3 is 1.51 bits per heavy atom. The number of Topliss-reactive ketones (excluding diaryl/α,β-unsaturated/α-hetero) is 1. The third-order valence-corrected chi connectivity index (χ3v) is 16.5. The van der Waals surface area contributed by atoms with E-state index in [-0.39, 0.29) is 53.1 Å². The van der Waals surface area contributed by atoms with Gasteiger partial charge in [0.2, 0.25) is 5.24 Å². The summed E-state index contributed by atoms with van der Waals surface area (Å²) in [7, 11) is 0. The van der Waals surface area contributed by atoms with E-state index in [0.29, 0.717) is 84.5 Å². The smallest absolute Gasteiger partial charge is 0.415 e. The maximum Gasteiger partial charge on any atom is 0.415 e. The zero-order valence-corrected chi connectivity index (χ0v) is 36.1. The number of nitrogens with two attached hydrogens (primary N) is 1. The molecule has 8 atom stereocenters. The summed E-state index contributed by atoms with van der Waals surface area (Å²) >= 11 is 8.93. The number of thioether (sulfide) groups is 2. The number of ether oxygens (including phenoxy) is 4. The molecule has 0 radical (unpaired) electrons. The van der Waals surface area contributed by atoms with Crippen molar-refractivity contribution in [2.75, 3.05) is 62.4 Å². The summed E-state index contributed by atoms with van der Waals surface area (Å²) in [6.45, 7) is 0.837. The number of carbonyl (C=O) groups excluding carboxylic acids is 4. The molecule has 8 heterocycles. The Hall–Kier alpha value is -3.67. The van der Waals surface area contributed by atoms with Crippen LogP contribution in [0.4, 0.5) is 41.1 Å². The number of fused-ring (bicyclic) bond motifs is 10. The molecule has 13 nitrogen and oxygen atoms in total. The lowest BCUT2D eigenvalue weighted by atomic mass is 10.0. The third-order valence-electron chi connectivity index (χ3n) is 13.7. The maximum atomic E-state index is 15.2. The fourth-order valence-corrected chi connectivity index (χ4v) is 13.1. The van der Waals surface area contributed by atoms with Crippen molar-refractivity contribution in [2.24, 2.45) is 17.6 Å². The van der Waals surface area contributed by atoms with Crippen molar-refractivity contribution >= 4 is 81.1 Å². The van der Waals surface area contributed by atoms with Gasteiger partial charge in [-0.3, -0.25) is 19.4 Å². The van der Waals surface area contributed by atoms with Crippen LogP contribution < -0.4 is 34.8 Å². The number of benzene rings is 2. The standard InChI is InChI=1S/C22H25FN2O4S.C17H20FN3O3S.C4H5ClO/c23-15-7-17-21(8-16(15)24-13-3-4-14(24)11-30-10-13)28-9-18-20(29-22(27)25(17)18)6-5-19(26)12-1-2-12;18-11-3-13-15(23-6-14-16(5-19)24-17(22)21(13)14)4-12(11)20-9-1-2-10(20)8-25-7-9;5-4(6)3-1-2-3/h7-8,12-14,18,20H,1-6,9-11H2;3-4,9-10,14,16H,1-2,5-8,19H2;3H,1-2H2/t13?,14?,18-,20-;9?,10?,14-,16-;/m00./s1. The number of hydrogen-bond acceptors (Lipinski definition) is 13. The van der Waals surface area contributed by atoms with Gasteiger partial charge in [-0.05, 0) is 69.4 Å². The number of rotatable bonds is 8. The van der Waals surface area contributed by atoms with E-state index in [1.165, 1.54) is 21.9 Å². The molecule has 2 aromatic rings. The number of ketones is 1. The zero-order valence-electron chi connectivity index (χ0n) is 33.7. The molecule has 8 aliphatic heterocycles. The molecule has 2 amide bonds. The highest BCUT2D eigenvalue weighted by molar-refractivity contribution is 7.99. The highest BCUT2D eigenvalue weighted by atomic mass is 35.5. The van der Waals surface area contributed by atoms with E-state index in [0.717, 1.165) is 74.4 Å². The minimum Gasteiger partial charge on any atom is -0.489 e. The molecular formula is C43H50ClF2N5O8S2. The molecular weight excluding hydrogens is 852 g/mol. The van der Waals surface area contributed by atoms with E-state index >= 15 is 4.39 Å². The Bertz CT molecular complexity index is 2070. The predicted molar refractivity (Wildman–Crippen MR) is 230 cm³/mol. The van der Waals surface area contributed by atoms with Crippen LogP contribution in [0, 0.1) is 23.5 Å². The minimum atomic E-state index is -0.480. The molecule has 4 unspecified atom stereocenters. The van der Waals surface area contributed by atoms with Crippen molar-refractivity contribution in [1.29, 1.82) is 0 Å². The summed E-state index contributed by atoms with van der Waals surface area (Å²) in [6, 6.07) is 7.24. The van der Waals surface area contributed by atoms with E-state index in [1.807, 2.05) is 23.5 Å². The molecule has 0 spiro atoms. The summed E-state index contributed by atoms with van der Waals surface area (Å²) in [5, 5.41) is -0.157. The van der Waals surface area contributed by atoms with Crippen LogP contribution >= 0.6 is 35.1 Å². The van der Waals surface area contributed by atoms with Crippen molar-refractivity contribution in [1.82, 2.24) is 0 Å². The van der Waals surface area contributed by atoms with Crippen molar-refractivity contribution < 1.29 is 46.9 Å². The van der Waals surface area contributed by atoms with Crippen LogP contribution in [-0.4, -0.2) is 114 Å². The average molecular weight is 902 g/mol. The minimum absolute atomic E-state index is 0.157. The largest absolute Gasteiger partial charge is 0.489 e. The number of nitrogens with zero attached hydrogens (tertiary/aromatic N) is 4. The van der Waals surface area contributed by atoms with E-state index in [1.54, 1.807) is 12.1 Å². The number of cyclic esters (lactones) is 2. The van der Waals surface area contributed by atoms with Gasteiger partial charge in [-0.2, -0.15) is 23.5 Å². The van der Waals surface area contributed by atoms with Crippen LogP contribution in [-0.2, 0) is 19.1 Å². The lowest BCUT2D eigenvalue weighted by molar-refractivity contribution is -0.120. The van der Waals surface area contributed by atoms with Gasteiger partial charge in [0, 0.05) is 96.2 Å². The Labute approximate surface area is 366 Å². The van der Waals surface area contributed by atoms with Crippen LogP contribution in [0.2, 0.25) is 0 Å². The van der Waals surface area contributed by atoms with Gasteiger partial charge in [-0.15, -0.1) is 0 Å². The number of halogens is 3. The monoisotopic (exact) mass is 901 g/mol. The molecule has 61 heavy (non-hydrogen) atoms. The zero-order chi connectivity index (χ0) is 42.1. The predicted octanol–water partition coefficient (Wildman–Crippen LogP) is 6.87. The van der Waals surface area contributed by atoms with Crippen molar-refractivity contribution in [3.63, 3.8) is 0 Å². The molecule has 10 aliphatic rings. The van der Waals surface area contributed by atoms with Gasteiger partial charge >= 0.3 is 12.2 Å². The lowest BCUT2D eigenvalue weighted by Crippen LogP contribution is -2.47.